The largest absolute Gasteiger partial charge is 0.399 e. The molecule has 10 nitrogen and oxygen atoms in total. The third kappa shape index (κ3) is 15.8. The first kappa shape index (κ1) is 57.9. The van der Waals surface area contributed by atoms with Gasteiger partial charge in [-0.25, -0.2) is 0 Å². The summed E-state index contributed by atoms with van der Waals surface area (Å²) in [5.74, 6) is 0. The average molecular weight is 1070 g/mol. The van der Waals surface area contributed by atoms with Crippen molar-refractivity contribution in [3.05, 3.63) is 280 Å². The second-order valence-electron chi connectivity index (χ2n) is 22.1. The van der Waals surface area contributed by atoms with Gasteiger partial charge in [-0.05, 0) is 107 Å². The lowest BCUT2D eigenvalue weighted by atomic mass is 9.91. The molecule has 0 bridgehead atoms. The zero-order valence-corrected chi connectivity index (χ0v) is 46.5. The first-order valence-corrected chi connectivity index (χ1v) is 28.5. The molecule has 8 aromatic rings. The fraction of sp³-hybridized carbons (Fsp3) is 0.314. The predicted octanol–water partition coefficient (Wildman–Crippen LogP) is 9.76. The normalized spacial score (nSPS) is 22.2. The summed E-state index contributed by atoms with van der Waals surface area (Å²) < 4.78 is 0. The van der Waals surface area contributed by atoms with Crippen molar-refractivity contribution in [2.24, 2.45) is 0 Å². The van der Waals surface area contributed by atoms with E-state index in [9.17, 15) is 25.5 Å². The molecule has 2 aliphatic rings. The maximum Gasteiger partial charge on any atom is 0.0973 e. The molecule has 10 heteroatoms. The number of benzene rings is 8. The lowest BCUT2D eigenvalue weighted by Gasteiger charge is -2.35. The number of aliphatic hydroxyl groups excluding tert-OH is 5. The van der Waals surface area contributed by atoms with Gasteiger partial charge in [0.2, 0.25) is 0 Å². The van der Waals surface area contributed by atoms with Gasteiger partial charge in [-0.2, -0.15) is 0 Å². The van der Waals surface area contributed by atoms with E-state index in [-0.39, 0.29) is 30.8 Å². The van der Waals surface area contributed by atoms with Crippen LogP contribution in [0.25, 0.3) is 0 Å². The molecule has 2 fully saturated rings. The maximum atomic E-state index is 11.9. The summed E-state index contributed by atoms with van der Waals surface area (Å²) in [6.07, 6.45) is -0.165. The highest BCUT2D eigenvalue weighted by Crippen LogP contribution is 2.31. The molecule has 8 unspecified atom stereocenters. The monoisotopic (exact) mass is 1070 g/mol. The van der Waals surface area contributed by atoms with Crippen molar-refractivity contribution in [2.45, 2.75) is 127 Å². The second kappa shape index (κ2) is 28.6. The number of anilines is 1. The van der Waals surface area contributed by atoms with Crippen LogP contribution in [0.4, 0.5) is 5.69 Å². The van der Waals surface area contributed by atoms with E-state index in [0.29, 0.717) is 65.2 Å². The zero-order valence-electron chi connectivity index (χ0n) is 46.5. The maximum absolute atomic E-state index is 11.9. The third-order valence-electron chi connectivity index (χ3n) is 16.2. The molecule has 0 radical (unpaired) electrons. The summed E-state index contributed by atoms with van der Waals surface area (Å²) in [6.45, 7) is 8.07. The van der Waals surface area contributed by atoms with Crippen LogP contribution in [0.5, 0.6) is 0 Å². The summed E-state index contributed by atoms with van der Waals surface area (Å²) in [5, 5.41) is 56.9. The zero-order chi connectivity index (χ0) is 55.8. The molecular weight excluding hydrogens is 991 g/mol. The minimum atomic E-state index is -0.937. The van der Waals surface area contributed by atoms with Gasteiger partial charge in [0.05, 0.1) is 44.4 Å². The Kier molecular flexibility index (Phi) is 20.7. The molecule has 0 saturated carbocycles. The van der Waals surface area contributed by atoms with E-state index in [0.717, 1.165) is 51.1 Å². The van der Waals surface area contributed by atoms with Gasteiger partial charge in [0, 0.05) is 56.0 Å². The fourth-order valence-corrected chi connectivity index (χ4v) is 11.8. The van der Waals surface area contributed by atoms with Crippen LogP contribution in [-0.4, -0.2) is 107 Å². The summed E-state index contributed by atoms with van der Waals surface area (Å²) in [4.78, 5) is 9.32. The van der Waals surface area contributed by atoms with Crippen LogP contribution in [0.1, 0.15) is 68.1 Å². The molecule has 2 aliphatic heterocycles. The number of nitrogens with two attached hydrogens (primary N) is 1. The molecule has 8 aromatic carbocycles. The smallest absolute Gasteiger partial charge is 0.0973 e. The summed E-state index contributed by atoms with van der Waals surface area (Å²) in [5.41, 5.74) is 19.4. The molecule has 416 valence electrons. The molecule has 0 aromatic heterocycles. The molecule has 0 amide bonds. The standard InChI is InChI=1S/C36H42N2O3.C34H39N3O2/c1-2-27-13-15-30(16-14-27)23-37-26-38(24-31-17-19-32(25-39)20-18-31)34(22-29-11-7-4-8-12-29)36(41)35(40)33(37)21-28-9-5-3-6-10-28;1-25-10-8-15-28(18-25)22-36-24-37(23-29-16-9-17-30(35)19-29)32(21-27-13-6-3-7-14-27)34(39)33(38)31(36)20-26-11-4-2-5-12-26/h3-20,33-36,39-41H,2,21-26H2,1H3;2-19,31-34,38-39H,20-24,35H2,1H3. The van der Waals surface area contributed by atoms with Gasteiger partial charge < -0.3 is 31.3 Å². The minimum absolute atomic E-state index is 0.0112. The Morgan fingerprint density at radius 1 is 0.350 bits per heavy atom. The van der Waals surface area contributed by atoms with Gasteiger partial charge in [-0.3, -0.25) is 19.6 Å². The van der Waals surface area contributed by atoms with E-state index in [1.165, 1.54) is 22.3 Å². The van der Waals surface area contributed by atoms with E-state index in [2.05, 4.69) is 137 Å². The number of hydrogen-bond acceptors (Lipinski definition) is 10. The van der Waals surface area contributed by atoms with Gasteiger partial charge in [-0.15, -0.1) is 0 Å². The van der Waals surface area contributed by atoms with Gasteiger partial charge in [-0.1, -0.05) is 219 Å². The van der Waals surface area contributed by atoms with E-state index in [1.54, 1.807) is 0 Å². The highest BCUT2D eigenvalue weighted by Gasteiger charge is 2.44. The van der Waals surface area contributed by atoms with Crippen molar-refractivity contribution in [1.29, 1.82) is 0 Å². The lowest BCUT2D eigenvalue weighted by molar-refractivity contribution is -0.0408. The molecule has 10 rings (SSSR count). The SMILES string of the molecule is CCc1ccc(CN2CN(Cc3ccc(CO)cc3)C(Cc3ccccc3)C(O)C(O)C2Cc2ccccc2)cc1.Cc1cccc(CN2CN(Cc3cccc(N)c3)C(Cc3ccccc3)C(O)C(O)C2Cc2ccccc2)c1. The Morgan fingerprint density at radius 3 is 0.975 bits per heavy atom. The number of hydrogen-bond donors (Lipinski definition) is 6. The summed E-state index contributed by atoms with van der Waals surface area (Å²) >= 11 is 0. The molecule has 8 atom stereocenters. The van der Waals surface area contributed by atoms with E-state index >= 15 is 0 Å². The Hall–Kier alpha value is -6.80. The number of nitrogens with zero attached hydrogens (tertiary/aromatic N) is 4. The number of aryl methyl sites for hydroxylation is 2. The number of aliphatic hydroxyl groups is 5. The van der Waals surface area contributed by atoms with Crippen LogP contribution in [-0.2, 0) is 64.9 Å². The lowest BCUT2D eigenvalue weighted by Crippen LogP contribution is -2.50. The van der Waals surface area contributed by atoms with Crippen LogP contribution in [0.3, 0.4) is 0 Å². The number of nitrogen functional groups attached to an aromatic ring is 1. The first-order chi connectivity index (χ1) is 39.0. The predicted molar refractivity (Wildman–Crippen MR) is 322 cm³/mol. The Labute approximate surface area is 474 Å². The number of rotatable bonds is 18. The molecular formula is C70H81N5O5. The van der Waals surface area contributed by atoms with E-state index in [4.69, 9.17) is 5.73 Å². The summed E-state index contributed by atoms with van der Waals surface area (Å²) in [7, 11) is 0. The van der Waals surface area contributed by atoms with E-state index < -0.39 is 24.4 Å². The Balaban J connectivity index is 0.000000194. The minimum Gasteiger partial charge on any atom is -0.399 e. The summed E-state index contributed by atoms with van der Waals surface area (Å²) in [6, 6.07) is 73.2. The average Bonchev–Trinajstić information content (AvgIpc) is 3.63. The second-order valence-corrected chi connectivity index (χ2v) is 22.1. The van der Waals surface area contributed by atoms with Crippen molar-refractivity contribution < 1.29 is 25.5 Å². The first-order valence-electron chi connectivity index (χ1n) is 28.5. The Morgan fingerprint density at radius 2 is 0.650 bits per heavy atom. The highest BCUT2D eigenvalue weighted by atomic mass is 16.3. The van der Waals surface area contributed by atoms with Gasteiger partial charge in [0.25, 0.3) is 0 Å². The highest BCUT2D eigenvalue weighted by molar-refractivity contribution is 5.41. The molecule has 2 saturated heterocycles. The molecule has 7 N–H and O–H groups in total. The Bertz CT molecular complexity index is 2870. The van der Waals surface area contributed by atoms with Gasteiger partial charge >= 0.3 is 0 Å². The fourth-order valence-electron chi connectivity index (χ4n) is 11.8. The van der Waals surface area contributed by atoms with Crippen LogP contribution in [0.2, 0.25) is 0 Å². The third-order valence-corrected chi connectivity index (χ3v) is 16.2. The molecule has 80 heavy (non-hydrogen) atoms. The van der Waals surface area contributed by atoms with Crippen molar-refractivity contribution in [3.8, 4) is 0 Å². The van der Waals surface area contributed by atoms with Crippen molar-refractivity contribution in [1.82, 2.24) is 19.6 Å². The van der Waals surface area contributed by atoms with Crippen LogP contribution < -0.4 is 5.73 Å². The van der Waals surface area contributed by atoms with Crippen molar-refractivity contribution in [3.63, 3.8) is 0 Å². The van der Waals surface area contributed by atoms with Gasteiger partial charge in [0.1, 0.15) is 0 Å². The van der Waals surface area contributed by atoms with Gasteiger partial charge in [0.15, 0.2) is 0 Å². The van der Waals surface area contributed by atoms with Crippen molar-refractivity contribution in [2.75, 3.05) is 19.1 Å². The quantitative estimate of drug-likeness (QED) is 0.0461. The molecule has 0 spiro atoms. The van der Waals surface area contributed by atoms with Crippen LogP contribution in [0.15, 0.2) is 218 Å². The van der Waals surface area contributed by atoms with E-state index in [1.807, 2.05) is 115 Å². The van der Waals surface area contributed by atoms with Crippen LogP contribution >= 0.6 is 0 Å². The van der Waals surface area contributed by atoms with Crippen LogP contribution in [0, 0.1) is 6.92 Å². The van der Waals surface area contributed by atoms with Crippen molar-refractivity contribution >= 4 is 5.69 Å². The molecule has 2 heterocycles. The molecule has 0 aliphatic carbocycles. The topological polar surface area (TPSA) is 140 Å².